The zero-order valence-electron chi connectivity index (χ0n) is 10.9. The van der Waals surface area contributed by atoms with Gasteiger partial charge >= 0.3 is 6.00 Å². The van der Waals surface area contributed by atoms with Crippen molar-refractivity contribution in [2.75, 3.05) is 5.09 Å². The molecule has 1 N–H and O–H groups in total. The molecule has 0 amide bonds. The van der Waals surface area contributed by atoms with E-state index in [1.165, 1.54) is 11.5 Å². The molecule has 2 rings (SSSR count). The van der Waals surface area contributed by atoms with E-state index in [1.54, 1.807) is 18.2 Å². The maximum atomic E-state index is 11.7. The Bertz CT molecular complexity index is 812. The number of carbonyl (C=O) groups excluding carboxylic acids is 1. The number of halogens is 5. The van der Waals surface area contributed by atoms with Gasteiger partial charge < -0.3 is 0 Å². The molecular weight excluding hydrogens is 444 g/mol. The van der Waals surface area contributed by atoms with E-state index in [0.717, 1.165) is 11.3 Å². The summed E-state index contributed by atoms with van der Waals surface area (Å²) in [5, 5.41) is 4.01. The van der Waals surface area contributed by atoms with E-state index in [2.05, 4.69) is 10.1 Å². The van der Waals surface area contributed by atoms with Crippen molar-refractivity contribution in [1.29, 1.82) is 0 Å². The second-order valence-electron chi connectivity index (χ2n) is 4.08. The molecule has 1 aromatic carbocycles. The number of rotatable bonds is 5. The molecule has 1 aromatic heterocycles. The van der Waals surface area contributed by atoms with Crippen molar-refractivity contribution < 1.29 is 9.36 Å². The average Bonchev–Trinajstić information content (AvgIpc) is 2.83. The van der Waals surface area contributed by atoms with Crippen molar-refractivity contribution in [1.82, 2.24) is 4.98 Å². The first kappa shape index (κ1) is 19.1. The monoisotopic (exact) mass is 448 g/mol. The van der Waals surface area contributed by atoms with Crippen LogP contribution in [-0.4, -0.2) is 10.2 Å². The second-order valence-corrected chi connectivity index (χ2v) is 10.6. The summed E-state index contributed by atoms with van der Waals surface area (Å²) in [4.78, 5) is 15.8. The molecule has 1 heterocycles. The molecule has 0 spiro atoms. The van der Waals surface area contributed by atoms with Crippen molar-refractivity contribution in [3.63, 3.8) is 0 Å². The van der Waals surface area contributed by atoms with Crippen molar-refractivity contribution in [3.05, 3.63) is 44.9 Å². The summed E-state index contributed by atoms with van der Waals surface area (Å²) in [7, 11) is 0. The van der Waals surface area contributed by atoms with Crippen LogP contribution in [0.3, 0.4) is 0 Å². The van der Waals surface area contributed by atoms with Crippen LogP contribution in [0.15, 0.2) is 23.6 Å². The predicted molar refractivity (Wildman–Crippen MR) is 100 cm³/mol. The fraction of sp³-hybridized carbons (Fsp3) is 0. The smallest absolute Gasteiger partial charge is 0.288 e. The van der Waals surface area contributed by atoms with Gasteiger partial charge in [-0.3, -0.25) is 14.4 Å². The second kappa shape index (κ2) is 7.75. The molecule has 23 heavy (non-hydrogen) atoms. The largest absolute Gasteiger partial charge is 0.345 e. The van der Waals surface area contributed by atoms with E-state index in [1.807, 2.05) is 0 Å². The van der Waals surface area contributed by atoms with Crippen LogP contribution in [0, 0.1) is 0 Å². The lowest BCUT2D eigenvalue weighted by atomic mass is 10.1. The Balaban J connectivity index is 2.46. The van der Waals surface area contributed by atoms with Gasteiger partial charge in [-0.05, 0) is 52.3 Å². The molecule has 0 saturated carbocycles. The molecule has 0 radical (unpaired) electrons. The highest BCUT2D eigenvalue weighted by atomic mass is 35.9. The van der Waals surface area contributed by atoms with Gasteiger partial charge in [-0.15, -0.1) is 11.3 Å². The van der Waals surface area contributed by atoms with Crippen molar-refractivity contribution in [3.8, 4) is 0 Å². The maximum absolute atomic E-state index is 11.7. The number of anilines is 1. The standard InChI is InChI=1S/C12H6Cl5N2O2PS/c13-8-2-1-3-9(14)6(8)4-7(11(15)20)10-5-23-12(18-10)19-22(16,17)21/h1-5H,(H,18,19,21)/b7-4-. The highest BCUT2D eigenvalue weighted by Crippen LogP contribution is 2.56. The van der Waals surface area contributed by atoms with Crippen LogP contribution in [0.4, 0.5) is 5.13 Å². The summed E-state index contributed by atoms with van der Waals surface area (Å²) >= 11 is 29.7. The van der Waals surface area contributed by atoms with Gasteiger partial charge in [-0.2, -0.15) is 0 Å². The van der Waals surface area contributed by atoms with Crippen LogP contribution in [0.25, 0.3) is 11.6 Å². The third-order valence-corrected chi connectivity index (χ3v) is 5.26. The summed E-state index contributed by atoms with van der Waals surface area (Å²) < 4.78 is 11.3. The highest BCUT2D eigenvalue weighted by molar-refractivity contribution is 8.09. The number of carbonyl (C=O) groups is 1. The van der Waals surface area contributed by atoms with E-state index in [9.17, 15) is 9.36 Å². The van der Waals surface area contributed by atoms with Crippen LogP contribution in [0.1, 0.15) is 11.3 Å². The van der Waals surface area contributed by atoms with E-state index < -0.39 is 11.2 Å². The summed E-state index contributed by atoms with van der Waals surface area (Å²) in [6.07, 6.45) is 1.43. The van der Waals surface area contributed by atoms with Gasteiger partial charge in [0, 0.05) is 21.0 Å². The van der Waals surface area contributed by atoms with E-state index >= 15 is 0 Å². The molecule has 0 bridgehead atoms. The first-order valence-electron chi connectivity index (χ1n) is 5.76. The first-order valence-corrected chi connectivity index (χ1v) is 11.3. The Morgan fingerprint density at radius 2 is 1.87 bits per heavy atom. The fourth-order valence-electron chi connectivity index (χ4n) is 1.58. The number of nitrogens with one attached hydrogen (secondary N) is 1. The van der Waals surface area contributed by atoms with Crippen LogP contribution < -0.4 is 5.09 Å². The van der Waals surface area contributed by atoms with Crippen LogP contribution >= 0.6 is 74.6 Å². The van der Waals surface area contributed by atoms with Gasteiger partial charge in [0.05, 0.1) is 11.3 Å². The number of hydrogen-bond donors (Lipinski definition) is 1. The number of nitrogens with zero attached hydrogens (tertiary/aromatic N) is 1. The van der Waals surface area contributed by atoms with Crippen molar-refractivity contribution >= 4 is 96.6 Å². The van der Waals surface area contributed by atoms with Gasteiger partial charge in [-0.25, -0.2) is 4.98 Å². The molecule has 2 aromatic rings. The quantitative estimate of drug-likeness (QED) is 0.311. The number of thiazole rings is 1. The van der Waals surface area contributed by atoms with Crippen molar-refractivity contribution in [2.45, 2.75) is 0 Å². The SMILES string of the molecule is O=C(Cl)/C(=C\c1c(Cl)cccc1Cl)c1csc(NP(=O)(Cl)Cl)n1. The highest BCUT2D eigenvalue weighted by Gasteiger charge is 2.19. The Hall–Kier alpha value is -0.260. The van der Waals surface area contributed by atoms with E-state index in [0.29, 0.717) is 15.6 Å². The van der Waals surface area contributed by atoms with Gasteiger partial charge in [0.25, 0.3) is 5.24 Å². The Morgan fingerprint density at radius 3 is 2.39 bits per heavy atom. The first-order chi connectivity index (χ1) is 10.7. The lowest BCUT2D eigenvalue weighted by Crippen LogP contribution is -1.95. The number of benzene rings is 1. The lowest BCUT2D eigenvalue weighted by molar-refractivity contribution is -0.106. The van der Waals surface area contributed by atoms with E-state index in [-0.39, 0.29) is 16.4 Å². The minimum absolute atomic E-state index is 0.0740. The van der Waals surface area contributed by atoms with Gasteiger partial charge in [0.1, 0.15) is 0 Å². The van der Waals surface area contributed by atoms with Crippen LogP contribution in [-0.2, 0) is 9.36 Å². The fourth-order valence-corrected chi connectivity index (χ4v) is 4.45. The maximum Gasteiger partial charge on any atom is 0.345 e. The number of allylic oxidation sites excluding steroid dienone is 1. The molecule has 0 unspecified atom stereocenters. The topological polar surface area (TPSA) is 59.1 Å². The van der Waals surface area contributed by atoms with Crippen LogP contribution in [0.2, 0.25) is 10.0 Å². The Labute approximate surface area is 160 Å². The summed E-state index contributed by atoms with van der Waals surface area (Å²) in [5.74, 6) is -3.55. The van der Waals surface area contributed by atoms with Gasteiger partial charge in [0.2, 0.25) is 0 Å². The van der Waals surface area contributed by atoms with Gasteiger partial charge in [-0.1, -0.05) is 29.3 Å². The molecule has 0 aliphatic rings. The minimum atomic E-state index is -3.55. The van der Waals surface area contributed by atoms with Crippen LogP contribution in [0.5, 0.6) is 0 Å². The third kappa shape index (κ3) is 5.36. The summed E-state index contributed by atoms with van der Waals surface area (Å²) in [6, 6.07) is 4.93. The lowest BCUT2D eigenvalue weighted by Gasteiger charge is -2.04. The minimum Gasteiger partial charge on any atom is -0.288 e. The summed E-state index contributed by atoms with van der Waals surface area (Å²) in [5.41, 5.74) is 0.753. The zero-order valence-corrected chi connectivity index (χ0v) is 16.4. The van der Waals surface area contributed by atoms with Gasteiger partial charge in [0.15, 0.2) is 5.13 Å². The molecular formula is C12H6Cl5N2O2PS. The molecule has 11 heteroatoms. The molecule has 122 valence electrons. The van der Waals surface area contributed by atoms with Crippen molar-refractivity contribution in [2.24, 2.45) is 0 Å². The third-order valence-electron chi connectivity index (χ3n) is 2.51. The normalized spacial score (nSPS) is 12.3. The predicted octanol–water partition coefficient (Wildman–Crippen LogP) is 6.75. The Kier molecular flexibility index (Phi) is 6.42. The average molecular weight is 450 g/mol. The van der Waals surface area contributed by atoms with E-state index in [4.69, 9.17) is 57.3 Å². The molecule has 0 aliphatic heterocycles. The molecule has 4 nitrogen and oxygen atoms in total. The summed E-state index contributed by atoms with van der Waals surface area (Å²) in [6.45, 7) is 0. The molecule has 0 saturated heterocycles. The zero-order chi connectivity index (χ0) is 17.2. The number of aromatic nitrogens is 1. The Morgan fingerprint density at radius 1 is 1.26 bits per heavy atom. The number of hydrogen-bond acceptors (Lipinski definition) is 4. The molecule has 0 atom stereocenters. The molecule has 0 fully saturated rings. The molecule has 0 aliphatic carbocycles.